The Balaban J connectivity index is 1.83. The summed E-state index contributed by atoms with van der Waals surface area (Å²) in [5, 5.41) is 0.710. The van der Waals surface area contributed by atoms with Gasteiger partial charge in [-0.2, -0.15) is 0 Å². The summed E-state index contributed by atoms with van der Waals surface area (Å²) in [5.41, 5.74) is -0.160. The topological polar surface area (TPSA) is 56.5 Å². The van der Waals surface area contributed by atoms with Crippen LogP contribution in [0, 0.1) is 11.6 Å². The molecule has 0 saturated heterocycles. The lowest BCUT2D eigenvalue weighted by atomic mass is 10.1. The second-order valence-electron chi connectivity index (χ2n) is 5.21. The van der Waals surface area contributed by atoms with E-state index in [4.69, 9.17) is 9.15 Å². The first-order valence-electron chi connectivity index (χ1n) is 7.14. The lowest BCUT2D eigenvalue weighted by Crippen LogP contribution is -2.24. The SMILES string of the molecule is C[C@@H](Oc1ccc2ccc(=O)oc2c1)C(=O)c1ccc(F)c(F)c1. The first kappa shape index (κ1) is 15.9. The van der Waals surface area contributed by atoms with Crippen LogP contribution in [0.1, 0.15) is 17.3 Å². The van der Waals surface area contributed by atoms with Gasteiger partial charge in [0.1, 0.15) is 11.3 Å². The Labute approximate surface area is 135 Å². The van der Waals surface area contributed by atoms with Gasteiger partial charge < -0.3 is 9.15 Å². The van der Waals surface area contributed by atoms with Gasteiger partial charge in [-0.3, -0.25) is 4.79 Å². The number of fused-ring (bicyclic) bond motifs is 1. The van der Waals surface area contributed by atoms with Crippen molar-refractivity contribution in [1.82, 2.24) is 0 Å². The fraction of sp³-hybridized carbons (Fsp3) is 0.111. The number of ether oxygens (including phenoxy) is 1. The van der Waals surface area contributed by atoms with Crippen molar-refractivity contribution in [3.63, 3.8) is 0 Å². The van der Waals surface area contributed by atoms with E-state index in [1.807, 2.05) is 0 Å². The number of carbonyl (C=O) groups is 1. The molecule has 2 aromatic carbocycles. The summed E-state index contributed by atoms with van der Waals surface area (Å²) in [4.78, 5) is 23.5. The molecule has 0 N–H and O–H groups in total. The molecule has 0 radical (unpaired) electrons. The predicted octanol–water partition coefficient (Wildman–Crippen LogP) is 3.72. The predicted molar refractivity (Wildman–Crippen MR) is 83.3 cm³/mol. The van der Waals surface area contributed by atoms with Gasteiger partial charge >= 0.3 is 5.63 Å². The summed E-state index contributed by atoms with van der Waals surface area (Å²) in [6.45, 7) is 1.49. The first-order valence-corrected chi connectivity index (χ1v) is 7.14. The minimum Gasteiger partial charge on any atom is -0.482 e. The van der Waals surface area contributed by atoms with Crippen LogP contribution < -0.4 is 10.4 Å². The minimum atomic E-state index is -1.10. The largest absolute Gasteiger partial charge is 0.482 e. The molecule has 0 aliphatic carbocycles. The number of carbonyl (C=O) groups excluding carboxylic acids is 1. The Morgan fingerprint density at radius 2 is 1.79 bits per heavy atom. The normalized spacial score (nSPS) is 12.1. The van der Waals surface area contributed by atoms with Gasteiger partial charge in [0, 0.05) is 23.1 Å². The van der Waals surface area contributed by atoms with Crippen LogP contribution in [0.5, 0.6) is 5.75 Å². The average molecular weight is 330 g/mol. The fourth-order valence-electron chi connectivity index (χ4n) is 2.26. The van der Waals surface area contributed by atoms with Crippen LogP contribution in [0.15, 0.2) is 57.7 Å². The molecule has 4 nitrogen and oxygen atoms in total. The van der Waals surface area contributed by atoms with Gasteiger partial charge in [0.15, 0.2) is 17.7 Å². The molecule has 1 atom stereocenters. The highest BCUT2D eigenvalue weighted by atomic mass is 19.2. The van der Waals surface area contributed by atoms with Crippen molar-refractivity contribution in [1.29, 1.82) is 0 Å². The van der Waals surface area contributed by atoms with Crippen LogP contribution in [0.2, 0.25) is 0 Å². The molecule has 0 aliphatic heterocycles. The van der Waals surface area contributed by atoms with Gasteiger partial charge in [-0.15, -0.1) is 0 Å². The van der Waals surface area contributed by atoms with Gasteiger partial charge in [-0.1, -0.05) is 0 Å². The molecule has 122 valence electrons. The van der Waals surface area contributed by atoms with E-state index < -0.39 is 29.1 Å². The highest BCUT2D eigenvalue weighted by Crippen LogP contribution is 2.21. The molecule has 0 aliphatic rings. The molecular formula is C18H12F2O4. The molecule has 0 unspecified atom stereocenters. The van der Waals surface area contributed by atoms with E-state index in [1.165, 1.54) is 25.1 Å². The first-order chi connectivity index (χ1) is 11.4. The van der Waals surface area contributed by atoms with Crippen LogP contribution in [-0.2, 0) is 0 Å². The van der Waals surface area contributed by atoms with E-state index in [1.54, 1.807) is 18.2 Å². The third-order valence-electron chi connectivity index (χ3n) is 3.48. The Kier molecular flexibility index (Phi) is 4.12. The van der Waals surface area contributed by atoms with Crippen LogP contribution in [0.25, 0.3) is 11.0 Å². The lowest BCUT2D eigenvalue weighted by molar-refractivity contribution is 0.0817. The number of rotatable bonds is 4. The quantitative estimate of drug-likeness (QED) is 0.540. The molecule has 0 spiro atoms. The van der Waals surface area contributed by atoms with Crippen molar-refractivity contribution in [2.45, 2.75) is 13.0 Å². The number of halogens is 2. The number of benzene rings is 2. The zero-order valence-electron chi connectivity index (χ0n) is 12.6. The molecular weight excluding hydrogens is 318 g/mol. The number of Topliss-reactive ketones (excluding diaryl/α,β-unsaturated/α-hetero) is 1. The maximum atomic E-state index is 13.2. The van der Waals surface area contributed by atoms with Gasteiger partial charge in [0.05, 0.1) is 0 Å². The van der Waals surface area contributed by atoms with E-state index >= 15 is 0 Å². The van der Waals surface area contributed by atoms with Crippen molar-refractivity contribution in [2.75, 3.05) is 0 Å². The summed E-state index contributed by atoms with van der Waals surface area (Å²) in [6, 6.07) is 10.6. The van der Waals surface area contributed by atoms with E-state index in [-0.39, 0.29) is 5.56 Å². The molecule has 6 heteroatoms. The third kappa shape index (κ3) is 3.17. The third-order valence-corrected chi connectivity index (χ3v) is 3.48. The van der Waals surface area contributed by atoms with Crippen LogP contribution in [-0.4, -0.2) is 11.9 Å². The zero-order valence-corrected chi connectivity index (χ0v) is 12.6. The molecule has 0 saturated carbocycles. The van der Waals surface area contributed by atoms with E-state index in [9.17, 15) is 18.4 Å². The molecule has 1 aromatic heterocycles. The zero-order chi connectivity index (χ0) is 17.3. The summed E-state index contributed by atoms with van der Waals surface area (Å²) < 4.78 is 36.7. The molecule has 1 heterocycles. The van der Waals surface area contributed by atoms with Gasteiger partial charge in [-0.05, 0) is 43.3 Å². The Morgan fingerprint density at radius 3 is 2.54 bits per heavy atom. The van der Waals surface area contributed by atoms with Crippen molar-refractivity contribution in [3.8, 4) is 5.75 Å². The molecule has 3 rings (SSSR count). The minimum absolute atomic E-state index is 0.00808. The number of hydrogen-bond donors (Lipinski definition) is 0. The second kappa shape index (κ2) is 6.23. The van der Waals surface area contributed by atoms with E-state index in [2.05, 4.69) is 0 Å². The Bertz CT molecular complexity index is 978. The van der Waals surface area contributed by atoms with Crippen LogP contribution >= 0.6 is 0 Å². The molecule has 0 fully saturated rings. The van der Waals surface area contributed by atoms with Crippen LogP contribution in [0.4, 0.5) is 8.78 Å². The molecule has 0 bridgehead atoms. The molecule has 0 amide bonds. The summed E-state index contributed by atoms with van der Waals surface area (Å²) >= 11 is 0. The Hall–Kier alpha value is -3.02. The molecule has 24 heavy (non-hydrogen) atoms. The fourth-order valence-corrected chi connectivity index (χ4v) is 2.26. The molecule has 3 aromatic rings. The highest BCUT2D eigenvalue weighted by Gasteiger charge is 2.19. The summed E-state index contributed by atoms with van der Waals surface area (Å²) in [6.07, 6.45) is -0.928. The van der Waals surface area contributed by atoms with Crippen LogP contribution in [0.3, 0.4) is 0 Å². The summed E-state index contributed by atoms with van der Waals surface area (Å²) in [5.74, 6) is -2.30. The van der Waals surface area contributed by atoms with Gasteiger partial charge in [-0.25, -0.2) is 13.6 Å². The van der Waals surface area contributed by atoms with Gasteiger partial charge in [0.2, 0.25) is 5.78 Å². The van der Waals surface area contributed by atoms with Crippen molar-refractivity contribution < 1.29 is 22.7 Å². The highest BCUT2D eigenvalue weighted by molar-refractivity contribution is 5.99. The van der Waals surface area contributed by atoms with Crippen molar-refractivity contribution in [3.05, 3.63) is 76.1 Å². The smallest absolute Gasteiger partial charge is 0.336 e. The Morgan fingerprint density at radius 1 is 1.04 bits per heavy atom. The van der Waals surface area contributed by atoms with Crippen molar-refractivity contribution >= 4 is 16.8 Å². The standard InChI is InChI=1S/C18H12F2O4/c1-10(18(22)12-3-6-14(19)15(20)8-12)23-13-5-2-11-4-7-17(21)24-16(11)9-13/h2-10H,1H3/t10-/m1/s1. The lowest BCUT2D eigenvalue weighted by Gasteiger charge is -2.14. The maximum absolute atomic E-state index is 13.2. The maximum Gasteiger partial charge on any atom is 0.336 e. The number of ketones is 1. The average Bonchev–Trinajstić information content (AvgIpc) is 2.56. The van der Waals surface area contributed by atoms with Gasteiger partial charge in [0.25, 0.3) is 0 Å². The second-order valence-corrected chi connectivity index (χ2v) is 5.21. The van der Waals surface area contributed by atoms with E-state index in [0.717, 1.165) is 12.1 Å². The van der Waals surface area contributed by atoms with E-state index in [0.29, 0.717) is 16.7 Å². The van der Waals surface area contributed by atoms with Crippen molar-refractivity contribution in [2.24, 2.45) is 0 Å². The monoisotopic (exact) mass is 330 g/mol. The summed E-state index contributed by atoms with van der Waals surface area (Å²) in [7, 11) is 0. The number of hydrogen-bond acceptors (Lipinski definition) is 4.